The maximum Gasteiger partial charge on any atom is 0.244 e. The van der Waals surface area contributed by atoms with E-state index in [4.69, 9.17) is 9.84 Å². The van der Waals surface area contributed by atoms with E-state index >= 15 is 0 Å². The zero-order chi connectivity index (χ0) is 13.6. The predicted octanol–water partition coefficient (Wildman–Crippen LogP) is 0.992. The first kappa shape index (κ1) is 14.9. The second-order valence-corrected chi connectivity index (χ2v) is 5.86. The molecule has 102 valence electrons. The number of hydrogen-bond donors (Lipinski definition) is 2. The van der Waals surface area contributed by atoms with E-state index in [-0.39, 0.29) is 17.4 Å². The number of aliphatic hydroxyl groups excluding tert-OH is 1. The van der Waals surface area contributed by atoms with Gasteiger partial charge < -0.3 is 9.84 Å². The van der Waals surface area contributed by atoms with Gasteiger partial charge in [0.2, 0.25) is 10.0 Å². The SMILES string of the molecule is COc1ccccc1S(=O)(=O)NCC(C)CCO. The number of aliphatic hydroxyl groups is 1. The lowest BCUT2D eigenvalue weighted by atomic mass is 10.1. The molecular formula is C12H19NO4S. The Morgan fingerprint density at radius 2 is 2.06 bits per heavy atom. The summed E-state index contributed by atoms with van der Waals surface area (Å²) in [6, 6.07) is 6.46. The minimum Gasteiger partial charge on any atom is -0.495 e. The molecule has 2 N–H and O–H groups in total. The molecule has 0 saturated carbocycles. The van der Waals surface area contributed by atoms with Crippen LogP contribution in [0.3, 0.4) is 0 Å². The quantitative estimate of drug-likeness (QED) is 0.777. The Bertz CT molecular complexity index is 473. The minimum atomic E-state index is -3.57. The number of rotatable bonds is 7. The van der Waals surface area contributed by atoms with Gasteiger partial charge in [-0.05, 0) is 24.5 Å². The van der Waals surface area contributed by atoms with Crippen molar-refractivity contribution in [2.45, 2.75) is 18.2 Å². The Labute approximate surface area is 108 Å². The molecule has 1 unspecified atom stereocenters. The second-order valence-electron chi connectivity index (χ2n) is 4.12. The number of methoxy groups -OCH3 is 1. The van der Waals surface area contributed by atoms with Gasteiger partial charge in [-0.15, -0.1) is 0 Å². The number of hydrogen-bond acceptors (Lipinski definition) is 4. The van der Waals surface area contributed by atoms with Gasteiger partial charge in [0.15, 0.2) is 0 Å². The van der Waals surface area contributed by atoms with Crippen molar-refractivity contribution in [3.05, 3.63) is 24.3 Å². The van der Waals surface area contributed by atoms with Crippen LogP contribution in [-0.2, 0) is 10.0 Å². The van der Waals surface area contributed by atoms with Gasteiger partial charge in [-0.2, -0.15) is 0 Å². The molecule has 0 aliphatic carbocycles. The number of sulfonamides is 1. The molecular weight excluding hydrogens is 254 g/mol. The molecule has 1 atom stereocenters. The first-order chi connectivity index (χ1) is 8.51. The normalized spacial score (nSPS) is 13.3. The van der Waals surface area contributed by atoms with Gasteiger partial charge in [0, 0.05) is 13.2 Å². The van der Waals surface area contributed by atoms with Gasteiger partial charge in [-0.25, -0.2) is 13.1 Å². The highest BCUT2D eigenvalue weighted by molar-refractivity contribution is 7.89. The van der Waals surface area contributed by atoms with Gasteiger partial charge in [0.25, 0.3) is 0 Å². The fraction of sp³-hybridized carbons (Fsp3) is 0.500. The average molecular weight is 273 g/mol. The van der Waals surface area contributed by atoms with Crippen molar-refractivity contribution in [3.8, 4) is 5.75 Å². The van der Waals surface area contributed by atoms with Crippen LogP contribution in [0.4, 0.5) is 0 Å². The molecule has 0 aliphatic heterocycles. The summed E-state index contributed by atoms with van der Waals surface area (Å²) in [7, 11) is -2.14. The van der Waals surface area contributed by atoms with E-state index < -0.39 is 10.0 Å². The Morgan fingerprint density at radius 1 is 1.39 bits per heavy atom. The van der Waals surface area contributed by atoms with E-state index in [0.29, 0.717) is 18.7 Å². The maximum absolute atomic E-state index is 12.1. The standard InChI is InChI=1S/C12H19NO4S/c1-10(7-8-14)9-13-18(15,16)12-6-4-3-5-11(12)17-2/h3-6,10,13-14H,7-9H2,1-2H3. The lowest BCUT2D eigenvalue weighted by molar-refractivity contribution is 0.263. The van der Waals surface area contributed by atoms with E-state index in [1.54, 1.807) is 18.2 Å². The monoisotopic (exact) mass is 273 g/mol. The van der Waals surface area contributed by atoms with E-state index in [0.717, 1.165) is 0 Å². The number of benzene rings is 1. The third-order valence-corrected chi connectivity index (χ3v) is 4.07. The molecule has 0 saturated heterocycles. The van der Waals surface area contributed by atoms with Crippen molar-refractivity contribution in [1.82, 2.24) is 4.72 Å². The summed E-state index contributed by atoms with van der Waals surface area (Å²) in [5.41, 5.74) is 0. The minimum absolute atomic E-state index is 0.0531. The fourth-order valence-electron chi connectivity index (χ4n) is 1.49. The molecule has 0 amide bonds. The van der Waals surface area contributed by atoms with Crippen LogP contribution >= 0.6 is 0 Å². The molecule has 1 rings (SSSR count). The zero-order valence-electron chi connectivity index (χ0n) is 10.6. The van der Waals surface area contributed by atoms with E-state index in [9.17, 15) is 8.42 Å². The topological polar surface area (TPSA) is 75.6 Å². The van der Waals surface area contributed by atoms with Crippen LogP contribution < -0.4 is 9.46 Å². The van der Waals surface area contributed by atoms with Crippen LogP contribution in [0.15, 0.2) is 29.2 Å². The molecule has 0 spiro atoms. The largest absolute Gasteiger partial charge is 0.495 e. The van der Waals surface area contributed by atoms with E-state index in [2.05, 4.69) is 4.72 Å². The Morgan fingerprint density at radius 3 is 2.67 bits per heavy atom. The number of nitrogens with one attached hydrogen (secondary N) is 1. The van der Waals surface area contributed by atoms with Gasteiger partial charge in [0.05, 0.1) is 7.11 Å². The highest BCUT2D eigenvalue weighted by Gasteiger charge is 2.19. The van der Waals surface area contributed by atoms with Crippen LogP contribution in [0, 0.1) is 5.92 Å². The molecule has 6 heteroatoms. The molecule has 0 radical (unpaired) electrons. The molecule has 1 aromatic carbocycles. The molecule has 1 aromatic rings. The number of ether oxygens (including phenoxy) is 1. The van der Waals surface area contributed by atoms with Crippen LogP contribution in [0.5, 0.6) is 5.75 Å². The smallest absolute Gasteiger partial charge is 0.244 e. The fourth-order valence-corrected chi connectivity index (χ4v) is 2.83. The molecule has 0 bridgehead atoms. The van der Waals surface area contributed by atoms with Crippen LogP contribution in [0.2, 0.25) is 0 Å². The summed E-state index contributed by atoms with van der Waals surface area (Å²) >= 11 is 0. The van der Waals surface area contributed by atoms with Crippen molar-refractivity contribution in [1.29, 1.82) is 0 Å². The molecule has 5 nitrogen and oxygen atoms in total. The lowest BCUT2D eigenvalue weighted by Crippen LogP contribution is -2.29. The molecule has 0 aromatic heterocycles. The lowest BCUT2D eigenvalue weighted by Gasteiger charge is -2.13. The third kappa shape index (κ3) is 3.97. The summed E-state index contributed by atoms with van der Waals surface area (Å²) in [4.78, 5) is 0.128. The summed E-state index contributed by atoms with van der Waals surface area (Å²) in [5, 5.41) is 8.77. The zero-order valence-corrected chi connectivity index (χ0v) is 11.4. The van der Waals surface area contributed by atoms with Crippen LogP contribution in [-0.4, -0.2) is 33.8 Å². The van der Waals surface area contributed by atoms with Crippen molar-refractivity contribution in [2.24, 2.45) is 5.92 Å². The van der Waals surface area contributed by atoms with Gasteiger partial charge in [-0.1, -0.05) is 19.1 Å². The van der Waals surface area contributed by atoms with Crippen LogP contribution in [0.25, 0.3) is 0 Å². The average Bonchev–Trinajstić information content (AvgIpc) is 2.37. The number of para-hydroxylation sites is 1. The highest BCUT2D eigenvalue weighted by Crippen LogP contribution is 2.22. The van der Waals surface area contributed by atoms with Gasteiger partial charge >= 0.3 is 0 Å². The molecule has 0 fully saturated rings. The van der Waals surface area contributed by atoms with Gasteiger partial charge in [-0.3, -0.25) is 0 Å². The van der Waals surface area contributed by atoms with Crippen molar-refractivity contribution in [3.63, 3.8) is 0 Å². The predicted molar refractivity (Wildman–Crippen MR) is 69.0 cm³/mol. The summed E-state index contributed by atoms with van der Waals surface area (Å²) in [5.74, 6) is 0.402. The Hall–Kier alpha value is -1.11. The molecule has 0 heterocycles. The molecule has 18 heavy (non-hydrogen) atoms. The van der Waals surface area contributed by atoms with Crippen LogP contribution in [0.1, 0.15) is 13.3 Å². The Balaban J connectivity index is 2.80. The first-order valence-electron chi connectivity index (χ1n) is 5.74. The Kier molecular flexibility index (Phi) is 5.58. The summed E-state index contributed by atoms with van der Waals surface area (Å²) in [6.07, 6.45) is 0.564. The summed E-state index contributed by atoms with van der Waals surface area (Å²) in [6.45, 7) is 2.22. The van der Waals surface area contributed by atoms with E-state index in [1.165, 1.54) is 13.2 Å². The van der Waals surface area contributed by atoms with E-state index in [1.807, 2.05) is 6.92 Å². The van der Waals surface area contributed by atoms with Crippen molar-refractivity contribution >= 4 is 10.0 Å². The second kappa shape index (κ2) is 6.72. The summed E-state index contributed by atoms with van der Waals surface area (Å²) < 4.78 is 31.7. The third-order valence-electron chi connectivity index (χ3n) is 2.60. The van der Waals surface area contributed by atoms with Gasteiger partial charge in [0.1, 0.15) is 10.6 Å². The first-order valence-corrected chi connectivity index (χ1v) is 7.23. The maximum atomic E-state index is 12.1. The molecule has 0 aliphatic rings. The van der Waals surface area contributed by atoms with Crippen molar-refractivity contribution < 1.29 is 18.3 Å². The van der Waals surface area contributed by atoms with Crippen molar-refractivity contribution in [2.75, 3.05) is 20.3 Å². The highest BCUT2D eigenvalue weighted by atomic mass is 32.2.